The van der Waals surface area contributed by atoms with Gasteiger partial charge in [0.1, 0.15) is 19.3 Å². The lowest BCUT2D eigenvalue weighted by Gasteiger charge is -2.21. The Bertz CT molecular complexity index is 1090. The van der Waals surface area contributed by atoms with Gasteiger partial charge < -0.3 is 24.8 Å². The fourth-order valence-corrected chi connectivity index (χ4v) is 3.50. The van der Waals surface area contributed by atoms with Gasteiger partial charge in [0, 0.05) is 16.2 Å². The van der Waals surface area contributed by atoms with Gasteiger partial charge in [-0.15, -0.1) is 0 Å². The van der Waals surface area contributed by atoms with Gasteiger partial charge in [-0.05, 0) is 46.1 Å². The molecule has 10 nitrogen and oxygen atoms in total. The minimum absolute atomic E-state index is 0.305. The van der Waals surface area contributed by atoms with E-state index in [1.165, 1.54) is 0 Å². The van der Waals surface area contributed by atoms with E-state index in [2.05, 4.69) is 31.9 Å². The van der Waals surface area contributed by atoms with Crippen molar-refractivity contribution in [2.75, 3.05) is 25.1 Å². The van der Waals surface area contributed by atoms with Crippen molar-refractivity contribution in [1.29, 1.82) is 0 Å². The first-order valence-electron chi connectivity index (χ1n) is 10.5. The summed E-state index contributed by atoms with van der Waals surface area (Å²) in [7, 11) is 0. The number of imide groups is 1. The highest BCUT2D eigenvalue weighted by atomic mass is 79.9. The molecule has 1 heterocycles. The van der Waals surface area contributed by atoms with Gasteiger partial charge in [0.05, 0.1) is 5.56 Å². The molecule has 1 aliphatic rings. The highest BCUT2D eigenvalue weighted by Gasteiger charge is 2.27. The summed E-state index contributed by atoms with van der Waals surface area (Å²) in [6.07, 6.45) is 0. The van der Waals surface area contributed by atoms with Crippen LogP contribution in [0.1, 0.15) is 24.2 Å². The molecule has 180 valence electrons. The van der Waals surface area contributed by atoms with Crippen molar-refractivity contribution in [1.82, 2.24) is 10.6 Å². The summed E-state index contributed by atoms with van der Waals surface area (Å²) in [6.45, 7) is 3.60. The van der Waals surface area contributed by atoms with E-state index in [1.54, 1.807) is 56.3 Å². The number of esters is 1. The number of rotatable bonds is 7. The van der Waals surface area contributed by atoms with E-state index in [0.29, 0.717) is 40.4 Å². The number of halogens is 1. The third-order valence-corrected chi connectivity index (χ3v) is 5.42. The summed E-state index contributed by atoms with van der Waals surface area (Å²) >= 11 is 3.29. The molecule has 0 aromatic heterocycles. The van der Waals surface area contributed by atoms with E-state index in [1.807, 2.05) is 0 Å². The predicted octanol–water partition coefficient (Wildman–Crippen LogP) is 2.87. The zero-order chi connectivity index (χ0) is 24.7. The molecule has 0 radical (unpaired) electrons. The van der Waals surface area contributed by atoms with Crippen LogP contribution in [-0.2, 0) is 14.3 Å². The van der Waals surface area contributed by atoms with E-state index in [4.69, 9.17) is 14.2 Å². The molecule has 2 aromatic rings. The smallest absolute Gasteiger partial charge is 0.329 e. The maximum atomic E-state index is 12.5. The number of anilines is 1. The molecule has 0 saturated carbocycles. The summed E-state index contributed by atoms with van der Waals surface area (Å²) in [5, 5.41) is 7.19. The minimum Gasteiger partial charge on any atom is -0.486 e. The van der Waals surface area contributed by atoms with Crippen molar-refractivity contribution in [3.63, 3.8) is 0 Å². The number of hydrogen-bond acceptors (Lipinski definition) is 7. The summed E-state index contributed by atoms with van der Waals surface area (Å²) in [5.41, 5.74) is 0.746. The van der Waals surface area contributed by atoms with Crippen molar-refractivity contribution >= 4 is 45.4 Å². The summed E-state index contributed by atoms with van der Waals surface area (Å²) < 4.78 is 16.5. The zero-order valence-corrected chi connectivity index (χ0v) is 20.1. The average Bonchev–Trinajstić information content (AvgIpc) is 2.80. The Labute approximate surface area is 204 Å². The van der Waals surface area contributed by atoms with Gasteiger partial charge in [0.2, 0.25) is 0 Å². The number of nitrogens with one attached hydrogen (secondary N) is 3. The number of carbonyl (C=O) groups is 4. The van der Waals surface area contributed by atoms with Crippen molar-refractivity contribution in [3.8, 4) is 11.5 Å². The fraction of sp³-hybridized carbons (Fsp3) is 0.304. The van der Waals surface area contributed by atoms with Gasteiger partial charge in [0.25, 0.3) is 11.8 Å². The van der Waals surface area contributed by atoms with Crippen molar-refractivity contribution < 1.29 is 33.4 Å². The Kier molecular flexibility index (Phi) is 8.47. The first-order valence-corrected chi connectivity index (χ1v) is 11.3. The summed E-state index contributed by atoms with van der Waals surface area (Å²) in [6, 6.07) is 9.79. The number of ether oxygens (including phenoxy) is 3. The number of benzene rings is 2. The molecule has 1 aliphatic heterocycles. The Morgan fingerprint density at radius 1 is 1.03 bits per heavy atom. The maximum absolute atomic E-state index is 12.5. The van der Waals surface area contributed by atoms with E-state index < -0.39 is 36.5 Å². The third kappa shape index (κ3) is 6.70. The second-order valence-electron chi connectivity index (χ2n) is 7.64. The second kappa shape index (κ2) is 11.5. The predicted molar refractivity (Wildman–Crippen MR) is 126 cm³/mol. The summed E-state index contributed by atoms with van der Waals surface area (Å²) in [5.74, 6) is -1.35. The average molecular weight is 534 g/mol. The number of hydrogen-bond donors (Lipinski definition) is 3. The number of fused-ring (bicyclic) bond motifs is 1. The normalized spacial score (nSPS) is 12.9. The molecular formula is C23H24BrN3O7. The number of carbonyl (C=O) groups excluding carboxylic acids is 4. The molecule has 2 aromatic carbocycles. The van der Waals surface area contributed by atoms with Gasteiger partial charge in [-0.2, -0.15) is 0 Å². The van der Waals surface area contributed by atoms with E-state index >= 15 is 0 Å². The van der Waals surface area contributed by atoms with Crippen LogP contribution in [0.4, 0.5) is 10.5 Å². The number of amides is 4. The van der Waals surface area contributed by atoms with Crippen LogP contribution in [0, 0.1) is 5.92 Å². The molecule has 0 aliphatic carbocycles. The minimum atomic E-state index is -0.987. The molecule has 1 atom stereocenters. The molecule has 11 heteroatoms. The molecule has 0 spiro atoms. The van der Waals surface area contributed by atoms with Crippen LogP contribution in [0.3, 0.4) is 0 Å². The second-order valence-corrected chi connectivity index (χ2v) is 8.50. The van der Waals surface area contributed by atoms with E-state index in [9.17, 15) is 19.2 Å². The third-order valence-electron chi connectivity index (χ3n) is 4.72. The first kappa shape index (κ1) is 25.0. The molecule has 3 rings (SSSR count). The lowest BCUT2D eigenvalue weighted by molar-refractivity contribution is -0.151. The van der Waals surface area contributed by atoms with Gasteiger partial charge in [-0.3, -0.25) is 14.9 Å². The Morgan fingerprint density at radius 3 is 2.44 bits per heavy atom. The Balaban J connectivity index is 1.49. The van der Waals surface area contributed by atoms with Gasteiger partial charge in [-0.1, -0.05) is 26.0 Å². The van der Waals surface area contributed by atoms with Crippen LogP contribution in [0.25, 0.3) is 0 Å². The maximum Gasteiger partial charge on any atom is 0.329 e. The number of urea groups is 1. The molecule has 3 N–H and O–H groups in total. The van der Waals surface area contributed by atoms with Crippen LogP contribution < -0.4 is 25.4 Å². The lowest BCUT2D eigenvalue weighted by Crippen LogP contribution is -2.46. The van der Waals surface area contributed by atoms with Crippen molar-refractivity contribution in [2.45, 2.75) is 19.9 Å². The highest BCUT2D eigenvalue weighted by Crippen LogP contribution is 2.32. The van der Waals surface area contributed by atoms with Crippen LogP contribution in [-0.4, -0.2) is 49.7 Å². The standard InChI is InChI=1S/C23H24BrN3O7/c1-13(2)20(27-21(29)15-5-3-4-6-16(15)24)22(30)34-12-19(28)26-23(31)25-14-7-8-17-18(11-14)33-10-9-32-17/h3-8,11,13,20H,9-10,12H2,1-2H3,(H,27,29)(H2,25,26,28,31). The quantitative estimate of drug-likeness (QED) is 0.466. The van der Waals surface area contributed by atoms with Crippen LogP contribution in [0.5, 0.6) is 11.5 Å². The fourth-order valence-electron chi connectivity index (χ4n) is 3.03. The molecule has 0 bridgehead atoms. The van der Waals surface area contributed by atoms with Crippen LogP contribution in [0.2, 0.25) is 0 Å². The van der Waals surface area contributed by atoms with Gasteiger partial charge in [-0.25, -0.2) is 9.59 Å². The van der Waals surface area contributed by atoms with E-state index in [0.717, 1.165) is 0 Å². The summed E-state index contributed by atoms with van der Waals surface area (Å²) in [4.78, 5) is 49.2. The van der Waals surface area contributed by atoms with Crippen LogP contribution in [0.15, 0.2) is 46.9 Å². The molecule has 0 fully saturated rings. The van der Waals surface area contributed by atoms with Crippen LogP contribution >= 0.6 is 15.9 Å². The molecule has 0 saturated heterocycles. The van der Waals surface area contributed by atoms with Crippen molar-refractivity contribution in [3.05, 3.63) is 52.5 Å². The first-order chi connectivity index (χ1) is 16.2. The molecule has 4 amide bonds. The van der Waals surface area contributed by atoms with Gasteiger partial charge in [0.15, 0.2) is 18.1 Å². The molecule has 34 heavy (non-hydrogen) atoms. The molecule has 1 unspecified atom stereocenters. The van der Waals surface area contributed by atoms with Gasteiger partial charge >= 0.3 is 12.0 Å². The Morgan fingerprint density at radius 2 is 1.74 bits per heavy atom. The lowest BCUT2D eigenvalue weighted by atomic mass is 10.0. The monoisotopic (exact) mass is 533 g/mol. The highest BCUT2D eigenvalue weighted by molar-refractivity contribution is 9.10. The SMILES string of the molecule is CC(C)C(NC(=O)c1ccccc1Br)C(=O)OCC(=O)NC(=O)Nc1ccc2c(c1)OCCO2. The zero-order valence-electron chi connectivity index (χ0n) is 18.6. The Hall–Kier alpha value is -3.60. The topological polar surface area (TPSA) is 132 Å². The largest absolute Gasteiger partial charge is 0.486 e. The van der Waals surface area contributed by atoms with Crippen molar-refractivity contribution in [2.24, 2.45) is 5.92 Å². The molecular weight excluding hydrogens is 510 g/mol. The van der Waals surface area contributed by atoms with E-state index in [-0.39, 0.29) is 5.92 Å².